The van der Waals surface area contributed by atoms with Gasteiger partial charge in [0.15, 0.2) is 0 Å². The van der Waals surface area contributed by atoms with Gasteiger partial charge in [-0.3, -0.25) is 0 Å². The molecule has 1 heterocycles. The highest BCUT2D eigenvalue weighted by Crippen LogP contribution is 2.07. The van der Waals surface area contributed by atoms with Crippen LogP contribution in [0.3, 0.4) is 0 Å². The van der Waals surface area contributed by atoms with E-state index in [-0.39, 0.29) is 13.2 Å². The molecule has 0 atom stereocenters. The number of hydrogen-bond donors (Lipinski definition) is 0. The van der Waals surface area contributed by atoms with Gasteiger partial charge in [0.25, 0.3) is 0 Å². The van der Waals surface area contributed by atoms with E-state index in [0.29, 0.717) is 5.71 Å². The fraction of sp³-hybridized carbons (Fsp3) is 0.222. The zero-order chi connectivity index (χ0) is 9.26. The standard InChI is InChI=1S/C9H9N2O2/c12-10-6-9(11(13)7-10)8-4-2-1-3-5-8/h1-5H,6-7H2. The number of benzene rings is 1. The molecule has 1 radical (unpaired) electrons. The molecule has 2 rings (SSSR count). The second-order valence-corrected chi connectivity index (χ2v) is 2.97. The van der Waals surface area contributed by atoms with Crippen LogP contribution in [-0.4, -0.2) is 28.7 Å². The Bertz CT molecular complexity index is 335. The first-order valence-corrected chi connectivity index (χ1v) is 4.05. The van der Waals surface area contributed by atoms with E-state index < -0.39 is 0 Å². The van der Waals surface area contributed by atoms with E-state index in [0.717, 1.165) is 15.4 Å². The molecule has 0 amide bonds. The van der Waals surface area contributed by atoms with Crippen molar-refractivity contribution in [3.63, 3.8) is 0 Å². The Kier molecular flexibility index (Phi) is 2.00. The minimum absolute atomic E-state index is 0.0791. The summed E-state index contributed by atoms with van der Waals surface area (Å²) in [6.45, 7) is 0.109. The summed E-state index contributed by atoms with van der Waals surface area (Å²) in [7, 11) is 0. The molecule has 0 aliphatic carbocycles. The summed E-state index contributed by atoms with van der Waals surface area (Å²) < 4.78 is 0.738. The highest BCUT2D eigenvalue weighted by atomic mass is 16.5. The zero-order valence-electron chi connectivity index (χ0n) is 7.01. The maximum atomic E-state index is 11.2. The van der Waals surface area contributed by atoms with Crippen molar-refractivity contribution >= 4 is 5.71 Å². The SMILES string of the molecule is [O]N1CC(c2ccccc2)=[N+]([O-])C1. The Morgan fingerprint density at radius 2 is 2.00 bits per heavy atom. The van der Waals surface area contributed by atoms with Gasteiger partial charge in [-0.1, -0.05) is 23.3 Å². The molecule has 0 fully saturated rings. The summed E-state index contributed by atoms with van der Waals surface area (Å²) in [5.41, 5.74) is 1.38. The lowest BCUT2D eigenvalue weighted by Gasteiger charge is -1.99. The van der Waals surface area contributed by atoms with E-state index in [4.69, 9.17) is 0 Å². The summed E-state index contributed by atoms with van der Waals surface area (Å²) in [5.74, 6) is 0. The van der Waals surface area contributed by atoms with E-state index >= 15 is 0 Å². The molecule has 1 aliphatic rings. The van der Waals surface area contributed by atoms with Gasteiger partial charge >= 0.3 is 0 Å². The highest BCUT2D eigenvalue weighted by Gasteiger charge is 2.26. The lowest BCUT2D eigenvalue weighted by atomic mass is 10.1. The third kappa shape index (κ3) is 1.54. The molecule has 67 valence electrons. The van der Waals surface area contributed by atoms with Crippen molar-refractivity contribution in [2.24, 2.45) is 0 Å². The van der Waals surface area contributed by atoms with Crippen LogP contribution in [0.4, 0.5) is 0 Å². The second-order valence-electron chi connectivity index (χ2n) is 2.97. The summed E-state index contributed by atoms with van der Waals surface area (Å²) in [5, 5.41) is 22.9. The third-order valence-corrected chi connectivity index (χ3v) is 2.02. The van der Waals surface area contributed by atoms with Crippen molar-refractivity contribution < 1.29 is 9.95 Å². The van der Waals surface area contributed by atoms with Gasteiger partial charge in [-0.15, -0.1) is 5.21 Å². The normalized spacial score (nSPS) is 18.2. The van der Waals surface area contributed by atoms with Crippen LogP contribution in [0.5, 0.6) is 0 Å². The third-order valence-electron chi connectivity index (χ3n) is 2.02. The van der Waals surface area contributed by atoms with Gasteiger partial charge in [-0.05, 0) is 12.1 Å². The van der Waals surface area contributed by atoms with Crippen molar-refractivity contribution in [2.45, 2.75) is 0 Å². The molecule has 1 aromatic rings. The van der Waals surface area contributed by atoms with Crippen molar-refractivity contribution in [1.82, 2.24) is 5.06 Å². The van der Waals surface area contributed by atoms with Crippen LogP contribution >= 0.6 is 0 Å². The molecule has 4 heteroatoms. The van der Waals surface area contributed by atoms with Crippen molar-refractivity contribution in [3.8, 4) is 0 Å². The first-order chi connectivity index (χ1) is 6.27. The van der Waals surface area contributed by atoms with E-state index in [1.54, 1.807) is 0 Å². The Labute approximate surface area is 75.9 Å². The fourth-order valence-electron chi connectivity index (χ4n) is 1.39. The van der Waals surface area contributed by atoms with Crippen LogP contribution in [0.25, 0.3) is 0 Å². The van der Waals surface area contributed by atoms with Crippen LogP contribution in [-0.2, 0) is 5.21 Å². The lowest BCUT2D eigenvalue weighted by molar-refractivity contribution is -0.491. The van der Waals surface area contributed by atoms with Crippen molar-refractivity contribution in [1.29, 1.82) is 0 Å². The van der Waals surface area contributed by atoms with Crippen LogP contribution in [0, 0.1) is 5.21 Å². The second kappa shape index (κ2) is 3.16. The largest absolute Gasteiger partial charge is 0.623 e. The molecule has 0 unspecified atom stereocenters. The maximum absolute atomic E-state index is 11.2. The first kappa shape index (κ1) is 8.22. The molecule has 0 N–H and O–H groups in total. The average Bonchev–Trinajstić information content (AvgIpc) is 2.47. The molecule has 0 aromatic heterocycles. The molecule has 1 aliphatic heterocycles. The topological polar surface area (TPSA) is 49.2 Å². The van der Waals surface area contributed by atoms with Crippen LogP contribution < -0.4 is 0 Å². The van der Waals surface area contributed by atoms with Gasteiger partial charge in [-0.25, -0.2) is 0 Å². The molecular weight excluding hydrogens is 168 g/mol. The van der Waals surface area contributed by atoms with Crippen molar-refractivity contribution in [3.05, 3.63) is 41.1 Å². The summed E-state index contributed by atoms with van der Waals surface area (Å²) in [6.07, 6.45) is 0. The van der Waals surface area contributed by atoms with E-state index in [1.165, 1.54) is 0 Å². The number of rotatable bonds is 1. The maximum Gasteiger partial charge on any atom is 0.234 e. The Hall–Kier alpha value is -1.39. The van der Waals surface area contributed by atoms with Gasteiger partial charge in [-0.2, -0.15) is 4.74 Å². The summed E-state index contributed by atoms with van der Waals surface area (Å²) >= 11 is 0. The van der Waals surface area contributed by atoms with E-state index in [1.807, 2.05) is 30.3 Å². The molecule has 0 saturated carbocycles. The number of nitrogens with zero attached hydrogens (tertiary/aromatic N) is 2. The Balaban J connectivity index is 2.33. The predicted molar refractivity (Wildman–Crippen MR) is 46.4 cm³/mol. The average molecular weight is 177 g/mol. The van der Waals surface area contributed by atoms with E-state index in [9.17, 15) is 10.4 Å². The predicted octanol–water partition coefficient (Wildman–Crippen LogP) is 0.605. The molecule has 13 heavy (non-hydrogen) atoms. The van der Waals surface area contributed by atoms with Crippen LogP contribution in [0.1, 0.15) is 5.56 Å². The van der Waals surface area contributed by atoms with Crippen LogP contribution in [0.15, 0.2) is 30.3 Å². The molecule has 0 spiro atoms. The van der Waals surface area contributed by atoms with Gasteiger partial charge < -0.3 is 5.21 Å². The molecular formula is C9H9N2O2. The summed E-state index contributed by atoms with van der Waals surface area (Å²) in [4.78, 5) is 0. The first-order valence-electron chi connectivity index (χ1n) is 4.05. The molecule has 1 aromatic carbocycles. The fourth-order valence-corrected chi connectivity index (χ4v) is 1.39. The van der Waals surface area contributed by atoms with Gasteiger partial charge in [0.1, 0.15) is 6.54 Å². The minimum atomic E-state index is -0.0791. The Morgan fingerprint density at radius 3 is 2.54 bits per heavy atom. The van der Waals surface area contributed by atoms with Gasteiger partial charge in [0.2, 0.25) is 12.4 Å². The minimum Gasteiger partial charge on any atom is -0.623 e. The zero-order valence-corrected chi connectivity index (χ0v) is 7.01. The monoisotopic (exact) mass is 177 g/mol. The molecule has 0 bridgehead atoms. The van der Waals surface area contributed by atoms with Gasteiger partial charge in [0.05, 0.1) is 0 Å². The van der Waals surface area contributed by atoms with Crippen LogP contribution in [0.2, 0.25) is 0 Å². The Morgan fingerprint density at radius 1 is 1.31 bits per heavy atom. The molecule has 0 saturated heterocycles. The number of hydrogen-bond acceptors (Lipinski definition) is 2. The van der Waals surface area contributed by atoms with Crippen molar-refractivity contribution in [2.75, 3.05) is 13.2 Å². The van der Waals surface area contributed by atoms with Gasteiger partial charge in [0, 0.05) is 5.56 Å². The quantitative estimate of drug-likeness (QED) is 0.466. The highest BCUT2D eigenvalue weighted by molar-refractivity contribution is 5.98. The number of hydroxylamine groups is 3. The lowest BCUT2D eigenvalue weighted by Crippen LogP contribution is -2.17. The molecule has 4 nitrogen and oxygen atoms in total. The van der Waals surface area contributed by atoms with E-state index in [2.05, 4.69) is 0 Å². The smallest absolute Gasteiger partial charge is 0.234 e. The summed E-state index contributed by atoms with van der Waals surface area (Å²) in [6, 6.07) is 9.25.